The summed E-state index contributed by atoms with van der Waals surface area (Å²) < 4.78 is 5.39. The molecule has 0 unspecified atom stereocenters. The van der Waals surface area contributed by atoms with E-state index in [0.29, 0.717) is 11.3 Å². The van der Waals surface area contributed by atoms with Gasteiger partial charge in [-0.15, -0.1) is 0 Å². The summed E-state index contributed by atoms with van der Waals surface area (Å²) in [5.74, 6) is 2.27. The van der Waals surface area contributed by atoms with E-state index in [1.807, 2.05) is 0 Å². The first-order valence-corrected chi connectivity index (χ1v) is 8.13. The second-order valence-electron chi connectivity index (χ2n) is 6.94. The Morgan fingerprint density at radius 1 is 1.15 bits per heavy atom. The number of unbranched alkanes of at least 4 members (excludes halogenated alkanes) is 3. The Hall–Kier alpha value is -0.900. The molecule has 0 amide bonds. The van der Waals surface area contributed by atoms with E-state index in [-0.39, 0.29) is 0 Å². The van der Waals surface area contributed by atoms with Crippen LogP contribution in [-0.4, -0.2) is 16.7 Å². The Balaban J connectivity index is 1.75. The minimum Gasteiger partial charge on any atom is -0.339 e. The molecule has 0 spiro atoms. The predicted octanol–water partition coefficient (Wildman–Crippen LogP) is 3.82. The van der Waals surface area contributed by atoms with Crippen LogP contribution in [0.2, 0.25) is 0 Å². The summed E-state index contributed by atoms with van der Waals surface area (Å²) in [5, 5.41) is 4.20. The number of aromatic nitrogens is 2. The fourth-order valence-corrected chi connectivity index (χ4v) is 2.97. The zero-order chi connectivity index (χ0) is 14.4. The van der Waals surface area contributed by atoms with E-state index in [1.165, 1.54) is 38.5 Å². The number of hydrogen-bond acceptors (Lipinski definition) is 4. The number of rotatable bonds is 7. The van der Waals surface area contributed by atoms with E-state index in [2.05, 4.69) is 24.0 Å². The average molecular weight is 279 g/mol. The summed E-state index contributed by atoms with van der Waals surface area (Å²) in [4.78, 5) is 4.60. The lowest BCUT2D eigenvalue weighted by Crippen LogP contribution is -2.20. The van der Waals surface area contributed by atoms with Crippen molar-refractivity contribution in [2.24, 2.45) is 11.1 Å². The summed E-state index contributed by atoms with van der Waals surface area (Å²) in [6.45, 7) is 5.50. The molecule has 1 saturated carbocycles. The lowest BCUT2D eigenvalue weighted by Gasteiger charge is -2.32. The fraction of sp³-hybridized carbons (Fsp3) is 0.875. The van der Waals surface area contributed by atoms with Crippen molar-refractivity contribution in [1.82, 2.24) is 10.1 Å². The van der Waals surface area contributed by atoms with Crippen LogP contribution in [-0.2, 0) is 6.42 Å². The van der Waals surface area contributed by atoms with Crippen LogP contribution in [0, 0.1) is 5.41 Å². The van der Waals surface area contributed by atoms with Gasteiger partial charge in [-0.25, -0.2) is 0 Å². The maximum Gasteiger partial charge on any atom is 0.226 e. The monoisotopic (exact) mass is 279 g/mol. The molecule has 0 atom stereocenters. The third kappa shape index (κ3) is 4.58. The van der Waals surface area contributed by atoms with E-state index in [0.717, 1.165) is 37.5 Å². The SMILES string of the molecule is CC1(C)CCC(c2noc(CCCCCCN)n2)CC1. The van der Waals surface area contributed by atoms with E-state index < -0.39 is 0 Å². The number of nitrogens with zero attached hydrogens (tertiary/aromatic N) is 2. The molecule has 0 aromatic carbocycles. The highest BCUT2D eigenvalue weighted by Crippen LogP contribution is 2.41. The van der Waals surface area contributed by atoms with Crippen LogP contribution in [0.3, 0.4) is 0 Å². The molecule has 2 N–H and O–H groups in total. The summed E-state index contributed by atoms with van der Waals surface area (Å²) in [7, 11) is 0. The van der Waals surface area contributed by atoms with E-state index >= 15 is 0 Å². The molecule has 1 heterocycles. The topological polar surface area (TPSA) is 64.9 Å². The second-order valence-corrected chi connectivity index (χ2v) is 6.94. The average Bonchev–Trinajstić information content (AvgIpc) is 2.87. The molecule has 0 radical (unpaired) electrons. The van der Waals surface area contributed by atoms with Crippen LogP contribution in [0.15, 0.2) is 4.52 Å². The smallest absolute Gasteiger partial charge is 0.226 e. The molecular formula is C16H29N3O. The van der Waals surface area contributed by atoms with Gasteiger partial charge in [0.1, 0.15) is 0 Å². The summed E-state index contributed by atoms with van der Waals surface area (Å²) in [6.07, 6.45) is 10.5. The molecule has 114 valence electrons. The van der Waals surface area contributed by atoms with Gasteiger partial charge in [0, 0.05) is 12.3 Å². The van der Waals surface area contributed by atoms with Crippen LogP contribution in [0.5, 0.6) is 0 Å². The predicted molar refractivity (Wildman–Crippen MR) is 80.5 cm³/mol. The van der Waals surface area contributed by atoms with Crippen molar-refractivity contribution in [2.45, 2.75) is 77.6 Å². The third-order valence-corrected chi connectivity index (χ3v) is 4.53. The molecule has 4 nitrogen and oxygen atoms in total. The van der Waals surface area contributed by atoms with Gasteiger partial charge in [-0.05, 0) is 50.5 Å². The fourth-order valence-electron chi connectivity index (χ4n) is 2.97. The molecule has 20 heavy (non-hydrogen) atoms. The van der Waals surface area contributed by atoms with Crippen molar-refractivity contribution in [3.05, 3.63) is 11.7 Å². The van der Waals surface area contributed by atoms with E-state index in [4.69, 9.17) is 10.3 Å². The van der Waals surface area contributed by atoms with Crippen LogP contribution in [0.1, 0.15) is 82.8 Å². The van der Waals surface area contributed by atoms with Crippen molar-refractivity contribution in [3.8, 4) is 0 Å². The largest absolute Gasteiger partial charge is 0.339 e. The maximum absolute atomic E-state index is 5.49. The lowest BCUT2D eigenvalue weighted by atomic mass is 9.73. The molecule has 1 aromatic rings. The molecule has 0 saturated heterocycles. The van der Waals surface area contributed by atoms with Crippen molar-refractivity contribution in [2.75, 3.05) is 6.54 Å². The minimum atomic E-state index is 0.492. The van der Waals surface area contributed by atoms with Gasteiger partial charge in [-0.1, -0.05) is 31.8 Å². The number of hydrogen-bond donors (Lipinski definition) is 1. The maximum atomic E-state index is 5.49. The van der Waals surface area contributed by atoms with Crippen molar-refractivity contribution in [3.63, 3.8) is 0 Å². The Kier molecular flexibility index (Phi) is 5.58. The van der Waals surface area contributed by atoms with E-state index in [1.54, 1.807) is 0 Å². The number of aryl methyl sites for hydroxylation is 1. The summed E-state index contributed by atoms with van der Waals surface area (Å²) in [5.41, 5.74) is 5.98. The molecular weight excluding hydrogens is 250 g/mol. The Bertz CT molecular complexity index is 390. The quantitative estimate of drug-likeness (QED) is 0.771. The molecule has 2 rings (SSSR count). The normalized spacial score (nSPS) is 19.4. The Morgan fingerprint density at radius 2 is 1.85 bits per heavy atom. The highest BCUT2D eigenvalue weighted by molar-refractivity contribution is 4.99. The van der Waals surface area contributed by atoms with Crippen LogP contribution in [0.25, 0.3) is 0 Å². The van der Waals surface area contributed by atoms with Gasteiger partial charge in [0.2, 0.25) is 5.89 Å². The first-order chi connectivity index (χ1) is 9.61. The van der Waals surface area contributed by atoms with Gasteiger partial charge in [0.25, 0.3) is 0 Å². The standard InChI is InChI=1S/C16H29N3O/c1-16(2)10-8-13(9-11-16)15-18-14(20-19-15)7-5-3-4-6-12-17/h13H,3-12,17H2,1-2H3. The first-order valence-electron chi connectivity index (χ1n) is 8.13. The van der Waals surface area contributed by atoms with Gasteiger partial charge in [0.15, 0.2) is 5.82 Å². The van der Waals surface area contributed by atoms with Gasteiger partial charge in [-0.3, -0.25) is 0 Å². The van der Waals surface area contributed by atoms with E-state index in [9.17, 15) is 0 Å². The zero-order valence-electron chi connectivity index (χ0n) is 13.0. The number of nitrogens with two attached hydrogens (primary N) is 1. The lowest BCUT2D eigenvalue weighted by molar-refractivity contribution is 0.218. The van der Waals surface area contributed by atoms with Gasteiger partial charge in [-0.2, -0.15) is 4.98 Å². The Morgan fingerprint density at radius 3 is 2.55 bits per heavy atom. The highest BCUT2D eigenvalue weighted by Gasteiger charge is 2.29. The van der Waals surface area contributed by atoms with Crippen LogP contribution >= 0.6 is 0 Å². The summed E-state index contributed by atoms with van der Waals surface area (Å²) >= 11 is 0. The van der Waals surface area contributed by atoms with Gasteiger partial charge >= 0.3 is 0 Å². The zero-order valence-corrected chi connectivity index (χ0v) is 13.0. The van der Waals surface area contributed by atoms with Crippen molar-refractivity contribution in [1.29, 1.82) is 0 Å². The van der Waals surface area contributed by atoms with Crippen molar-refractivity contribution >= 4 is 0 Å². The van der Waals surface area contributed by atoms with Crippen molar-refractivity contribution < 1.29 is 4.52 Å². The minimum absolute atomic E-state index is 0.492. The molecule has 0 bridgehead atoms. The first kappa shape index (κ1) is 15.5. The highest BCUT2D eigenvalue weighted by atomic mass is 16.5. The molecule has 1 aromatic heterocycles. The van der Waals surface area contributed by atoms with Gasteiger partial charge < -0.3 is 10.3 Å². The second kappa shape index (κ2) is 7.21. The van der Waals surface area contributed by atoms with Crippen LogP contribution < -0.4 is 5.73 Å². The Labute approximate surface area is 122 Å². The molecule has 1 aliphatic carbocycles. The van der Waals surface area contributed by atoms with Crippen LogP contribution in [0.4, 0.5) is 0 Å². The molecule has 0 aliphatic heterocycles. The molecule has 1 fully saturated rings. The third-order valence-electron chi connectivity index (χ3n) is 4.53. The summed E-state index contributed by atoms with van der Waals surface area (Å²) in [6, 6.07) is 0. The van der Waals surface area contributed by atoms with Gasteiger partial charge in [0.05, 0.1) is 0 Å². The molecule has 1 aliphatic rings. The molecule has 4 heteroatoms.